The van der Waals surface area contributed by atoms with Crippen molar-refractivity contribution < 1.29 is 4.79 Å². The van der Waals surface area contributed by atoms with Gasteiger partial charge in [0.2, 0.25) is 0 Å². The van der Waals surface area contributed by atoms with Gasteiger partial charge >= 0.3 is 0 Å². The quantitative estimate of drug-likeness (QED) is 0.568. The van der Waals surface area contributed by atoms with E-state index in [0.717, 1.165) is 15.3 Å². The van der Waals surface area contributed by atoms with Crippen molar-refractivity contribution in [2.24, 2.45) is 0 Å². The molecule has 2 aromatic heterocycles. The van der Waals surface area contributed by atoms with Gasteiger partial charge in [0, 0.05) is 26.2 Å². The number of rotatable bonds is 2. The monoisotopic (exact) mass is 391 g/mol. The van der Waals surface area contributed by atoms with Crippen LogP contribution in [-0.4, -0.2) is 51.9 Å². The van der Waals surface area contributed by atoms with Crippen molar-refractivity contribution >= 4 is 43.5 Å². The number of fused-ring (bicyclic) bond motifs is 2. The number of para-hydroxylation sites is 2. The molecule has 1 aliphatic heterocycles. The number of amides is 1. The number of hydrogen-bond acceptors (Lipinski definition) is 6. The molecule has 0 unspecified atom stereocenters. The van der Waals surface area contributed by atoms with E-state index in [-0.39, 0.29) is 17.3 Å². The molecule has 1 N–H and O–H groups in total. The number of aromatic amines is 1. The normalized spacial score (nSPS) is 14.7. The van der Waals surface area contributed by atoms with Crippen LogP contribution < -0.4 is 10.5 Å². The number of piperazine rings is 1. The Morgan fingerprint density at radius 2 is 1.64 bits per heavy atom. The van der Waals surface area contributed by atoms with E-state index in [0.29, 0.717) is 37.1 Å². The van der Waals surface area contributed by atoms with Crippen LogP contribution in [0.5, 0.6) is 0 Å². The zero-order valence-electron chi connectivity index (χ0n) is 15.0. The van der Waals surface area contributed by atoms with E-state index in [1.165, 1.54) is 0 Å². The van der Waals surface area contributed by atoms with Crippen LogP contribution >= 0.6 is 11.3 Å². The summed E-state index contributed by atoms with van der Waals surface area (Å²) in [6.45, 7) is 2.52. The highest BCUT2D eigenvalue weighted by molar-refractivity contribution is 7.22. The summed E-state index contributed by atoms with van der Waals surface area (Å²) in [5.41, 5.74) is 1.24. The Bertz CT molecular complexity index is 1210. The molecule has 1 amide bonds. The highest BCUT2D eigenvalue weighted by atomic mass is 32.1. The number of hydrogen-bond donors (Lipinski definition) is 1. The minimum atomic E-state index is -0.290. The molecule has 0 radical (unpaired) electrons. The van der Waals surface area contributed by atoms with Crippen LogP contribution in [0, 0.1) is 0 Å². The van der Waals surface area contributed by atoms with Crippen molar-refractivity contribution in [1.29, 1.82) is 0 Å². The van der Waals surface area contributed by atoms with Crippen molar-refractivity contribution in [3.8, 4) is 0 Å². The molecule has 0 bridgehead atoms. The van der Waals surface area contributed by atoms with Gasteiger partial charge in [-0.05, 0) is 24.3 Å². The molecule has 5 rings (SSSR count). The van der Waals surface area contributed by atoms with Crippen molar-refractivity contribution in [3.63, 3.8) is 0 Å². The second kappa shape index (κ2) is 6.72. The van der Waals surface area contributed by atoms with Crippen LogP contribution in [0.25, 0.3) is 21.1 Å². The van der Waals surface area contributed by atoms with E-state index in [1.807, 2.05) is 18.2 Å². The summed E-state index contributed by atoms with van der Waals surface area (Å²) in [6, 6.07) is 15.1. The highest BCUT2D eigenvalue weighted by Gasteiger charge is 2.25. The fourth-order valence-electron chi connectivity index (χ4n) is 3.43. The van der Waals surface area contributed by atoms with Gasteiger partial charge in [0.05, 0.1) is 21.1 Å². The summed E-state index contributed by atoms with van der Waals surface area (Å²) in [4.78, 5) is 40.7. The largest absolute Gasteiger partial charge is 0.345 e. The molecular weight excluding hydrogens is 374 g/mol. The Morgan fingerprint density at radius 1 is 0.929 bits per heavy atom. The van der Waals surface area contributed by atoms with E-state index in [2.05, 4.69) is 20.9 Å². The van der Waals surface area contributed by atoms with Crippen LogP contribution in [0.3, 0.4) is 0 Å². The van der Waals surface area contributed by atoms with E-state index in [1.54, 1.807) is 40.5 Å². The fourth-order valence-corrected chi connectivity index (χ4v) is 4.45. The number of H-pyrrole nitrogens is 1. The van der Waals surface area contributed by atoms with Gasteiger partial charge in [-0.1, -0.05) is 35.6 Å². The van der Waals surface area contributed by atoms with E-state index < -0.39 is 0 Å². The van der Waals surface area contributed by atoms with Crippen LogP contribution in [0.4, 0.5) is 5.13 Å². The van der Waals surface area contributed by atoms with Crippen LogP contribution in [0.2, 0.25) is 0 Å². The molecule has 1 aliphatic rings. The fraction of sp³-hybridized carbons (Fsp3) is 0.200. The molecule has 0 saturated carbocycles. The first-order chi connectivity index (χ1) is 13.7. The summed E-state index contributed by atoms with van der Waals surface area (Å²) >= 11 is 1.66. The molecule has 7 nitrogen and oxygen atoms in total. The average Bonchev–Trinajstić information content (AvgIpc) is 3.18. The van der Waals surface area contributed by atoms with Crippen LogP contribution in [0.1, 0.15) is 10.6 Å². The second-order valence-corrected chi connectivity index (χ2v) is 7.68. The second-order valence-electron chi connectivity index (χ2n) is 6.68. The summed E-state index contributed by atoms with van der Waals surface area (Å²) in [7, 11) is 0. The Balaban J connectivity index is 1.34. The smallest absolute Gasteiger partial charge is 0.289 e. The van der Waals surface area contributed by atoms with Gasteiger partial charge in [-0.15, -0.1) is 0 Å². The summed E-state index contributed by atoms with van der Waals surface area (Å²) < 4.78 is 1.16. The summed E-state index contributed by atoms with van der Waals surface area (Å²) in [5.74, 6) is -0.149. The van der Waals surface area contributed by atoms with Crippen LogP contribution in [-0.2, 0) is 0 Å². The van der Waals surface area contributed by atoms with Crippen LogP contribution in [0.15, 0.2) is 53.3 Å². The van der Waals surface area contributed by atoms with Crippen molar-refractivity contribution in [3.05, 3.63) is 64.7 Å². The van der Waals surface area contributed by atoms with E-state index >= 15 is 0 Å². The Kier molecular flexibility index (Phi) is 4.05. The van der Waals surface area contributed by atoms with Gasteiger partial charge in [-0.3, -0.25) is 9.59 Å². The number of thiazole rings is 1. The first-order valence-electron chi connectivity index (χ1n) is 9.08. The van der Waals surface area contributed by atoms with Gasteiger partial charge in [-0.25, -0.2) is 9.97 Å². The number of carbonyl (C=O) groups excluding carboxylic acids is 1. The zero-order valence-corrected chi connectivity index (χ0v) is 15.8. The lowest BCUT2D eigenvalue weighted by atomic mass is 10.2. The molecule has 28 heavy (non-hydrogen) atoms. The number of carbonyl (C=O) groups is 1. The molecule has 0 spiro atoms. The van der Waals surface area contributed by atoms with Crippen molar-refractivity contribution in [2.75, 3.05) is 31.1 Å². The van der Waals surface area contributed by atoms with Gasteiger partial charge in [0.1, 0.15) is 0 Å². The molecule has 4 aromatic rings. The Morgan fingerprint density at radius 3 is 2.43 bits per heavy atom. The lowest BCUT2D eigenvalue weighted by molar-refractivity contribution is 0.0734. The van der Waals surface area contributed by atoms with Crippen molar-refractivity contribution in [2.45, 2.75) is 0 Å². The maximum atomic E-state index is 12.8. The topological polar surface area (TPSA) is 82.2 Å². The number of anilines is 1. The Labute approximate surface area is 164 Å². The maximum absolute atomic E-state index is 12.8. The highest BCUT2D eigenvalue weighted by Crippen LogP contribution is 2.29. The molecule has 0 aliphatic carbocycles. The van der Waals surface area contributed by atoms with Gasteiger partial charge in [0.25, 0.3) is 11.5 Å². The molecule has 140 valence electrons. The predicted octanol–water partition coefficient (Wildman–Crippen LogP) is 2.50. The maximum Gasteiger partial charge on any atom is 0.289 e. The summed E-state index contributed by atoms with van der Waals surface area (Å²) in [5, 5.41) is 1.46. The Hall–Kier alpha value is -3.26. The minimum absolute atomic E-state index is 0.0946. The number of nitrogens with zero attached hydrogens (tertiary/aromatic N) is 4. The number of benzene rings is 2. The average molecular weight is 391 g/mol. The minimum Gasteiger partial charge on any atom is -0.345 e. The SMILES string of the molecule is O=C(c1nc2ccccc2c(=O)[nH]1)N1CCN(c2nc3ccccc3s2)CC1. The molecule has 1 fully saturated rings. The van der Waals surface area contributed by atoms with Gasteiger partial charge in [0.15, 0.2) is 11.0 Å². The molecule has 2 aromatic carbocycles. The molecule has 1 saturated heterocycles. The zero-order chi connectivity index (χ0) is 19.1. The molecule has 3 heterocycles. The van der Waals surface area contributed by atoms with E-state index in [4.69, 9.17) is 4.98 Å². The molecule has 8 heteroatoms. The predicted molar refractivity (Wildman–Crippen MR) is 110 cm³/mol. The first-order valence-corrected chi connectivity index (χ1v) is 9.89. The van der Waals surface area contributed by atoms with Crippen molar-refractivity contribution in [1.82, 2.24) is 19.9 Å². The number of nitrogens with one attached hydrogen (secondary N) is 1. The van der Waals surface area contributed by atoms with Gasteiger partial charge in [-0.2, -0.15) is 0 Å². The third-order valence-electron chi connectivity index (χ3n) is 4.94. The third-order valence-corrected chi connectivity index (χ3v) is 6.03. The van der Waals surface area contributed by atoms with Gasteiger partial charge < -0.3 is 14.8 Å². The van der Waals surface area contributed by atoms with E-state index in [9.17, 15) is 9.59 Å². The molecule has 0 atom stereocenters. The standard InChI is InChI=1S/C20H17N5O2S/c26-18-13-5-1-2-6-14(13)21-17(23-18)19(27)24-9-11-25(12-10-24)20-22-15-7-3-4-8-16(15)28-20/h1-8H,9-12H2,(H,21,23,26). The lowest BCUT2D eigenvalue weighted by Crippen LogP contribution is -2.49. The third kappa shape index (κ3) is 2.91. The lowest BCUT2D eigenvalue weighted by Gasteiger charge is -2.34. The molecular formula is C20H17N5O2S. The first kappa shape index (κ1) is 16.9. The number of aromatic nitrogens is 3. The summed E-state index contributed by atoms with van der Waals surface area (Å²) in [6.07, 6.45) is 0.